The van der Waals surface area contributed by atoms with Crippen molar-refractivity contribution in [3.63, 3.8) is 0 Å². The van der Waals surface area contributed by atoms with Crippen LogP contribution in [0.1, 0.15) is 58.3 Å². The molecule has 0 bridgehead atoms. The van der Waals surface area contributed by atoms with Crippen LogP contribution in [-0.2, 0) is 4.74 Å². The number of likely N-dealkylation sites (N-methyl/N-ethyl adjacent to an activating group) is 1. The Morgan fingerprint density at radius 1 is 0.929 bits per heavy atom. The second-order valence-electron chi connectivity index (χ2n) is 9.43. The Hall–Kier alpha value is -0.850. The molecular weight excluding hydrogens is 352 g/mol. The molecule has 3 saturated heterocycles. The minimum atomic E-state index is -0.199. The number of rotatable bonds is 6. The molecule has 6 heteroatoms. The van der Waals surface area contributed by atoms with E-state index in [-0.39, 0.29) is 11.7 Å². The highest BCUT2D eigenvalue weighted by atomic mass is 16.6. The number of nitrogens with zero attached hydrogens (tertiary/aromatic N) is 4. The minimum absolute atomic E-state index is 0.0677. The Kier molecular flexibility index (Phi) is 6.79. The molecule has 3 heterocycles. The maximum Gasteiger partial charge on any atom is 0.410 e. The molecule has 0 N–H and O–H groups in total. The molecule has 1 aliphatic carbocycles. The fraction of sp³-hybridized carbons (Fsp3) is 0.955. The largest absolute Gasteiger partial charge is 0.441 e. The van der Waals surface area contributed by atoms with E-state index in [2.05, 4.69) is 21.6 Å². The Morgan fingerprint density at radius 3 is 2.29 bits per heavy atom. The van der Waals surface area contributed by atoms with E-state index in [1.807, 2.05) is 4.90 Å². The van der Waals surface area contributed by atoms with Crippen molar-refractivity contribution < 1.29 is 9.53 Å². The van der Waals surface area contributed by atoms with Crippen LogP contribution in [0.5, 0.6) is 0 Å². The van der Waals surface area contributed by atoms with Gasteiger partial charge in [-0.2, -0.15) is 0 Å². The maximum atomic E-state index is 12.5. The summed E-state index contributed by atoms with van der Waals surface area (Å²) in [5.74, 6) is 0. The lowest BCUT2D eigenvalue weighted by molar-refractivity contribution is -0.0144. The van der Waals surface area contributed by atoms with E-state index in [1.165, 1.54) is 58.3 Å². The van der Waals surface area contributed by atoms with Gasteiger partial charge in [-0.15, -0.1) is 0 Å². The second-order valence-corrected chi connectivity index (χ2v) is 9.43. The van der Waals surface area contributed by atoms with E-state index in [4.69, 9.17) is 4.74 Å². The van der Waals surface area contributed by atoms with Gasteiger partial charge >= 0.3 is 6.09 Å². The van der Waals surface area contributed by atoms with Gasteiger partial charge in [0.15, 0.2) is 0 Å². The van der Waals surface area contributed by atoms with E-state index >= 15 is 0 Å². The number of carbonyl (C=O) groups is 1. The molecule has 0 unspecified atom stereocenters. The van der Waals surface area contributed by atoms with Gasteiger partial charge in [-0.1, -0.05) is 26.2 Å². The molecule has 1 amide bonds. The molecule has 1 spiro atoms. The molecule has 1 saturated carbocycles. The normalized spacial score (nSPS) is 28.2. The van der Waals surface area contributed by atoms with Crippen LogP contribution in [0, 0.1) is 0 Å². The molecule has 4 rings (SSSR count). The molecule has 0 aromatic heterocycles. The first kappa shape index (κ1) is 20.4. The van der Waals surface area contributed by atoms with Crippen LogP contribution in [0.15, 0.2) is 0 Å². The van der Waals surface area contributed by atoms with Gasteiger partial charge in [-0.05, 0) is 32.4 Å². The Labute approximate surface area is 171 Å². The summed E-state index contributed by atoms with van der Waals surface area (Å²) >= 11 is 0. The van der Waals surface area contributed by atoms with Crippen LogP contribution in [0.3, 0.4) is 0 Å². The fourth-order valence-electron chi connectivity index (χ4n) is 5.68. The van der Waals surface area contributed by atoms with Crippen molar-refractivity contribution in [2.24, 2.45) is 0 Å². The number of hydrogen-bond acceptors (Lipinski definition) is 5. The summed E-state index contributed by atoms with van der Waals surface area (Å²) in [6.07, 6.45) is 9.96. The summed E-state index contributed by atoms with van der Waals surface area (Å²) in [7, 11) is 0. The first-order valence-electron chi connectivity index (χ1n) is 11.8. The molecule has 160 valence electrons. The summed E-state index contributed by atoms with van der Waals surface area (Å²) in [5, 5.41) is 0. The third-order valence-corrected chi connectivity index (χ3v) is 7.66. The third kappa shape index (κ3) is 4.82. The van der Waals surface area contributed by atoms with Crippen molar-refractivity contribution in [3.05, 3.63) is 0 Å². The lowest BCUT2D eigenvalue weighted by atomic mass is 9.87. The summed E-state index contributed by atoms with van der Waals surface area (Å²) in [6, 6.07) is 0.785. The SMILES string of the molecule is CCN1CCN(CCCN2CC3(CCN(C4CCCCC4)CC3)OC2=O)CC1. The molecule has 4 aliphatic rings. The summed E-state index contributed by atoms with van der Waals surface area (Å²) in [6.45, 7) is 13.1. The molecule has 0 atom stereocenters. The Morgan fingerprint density at radius 2 is 1.61 bits per heavy atom. The number of likely N-dealkylation sites (tertiary alicyclic amines) is 1. The smallest absolute Gasteiger partial charge is 0.410 e. The highest BCUT2D eigenvalue weighted by Gasteiger charge is 2.47. The van der Waals surface area contributed by atoms with E-state index < -0.39 is 0 Å². The van der Waals surface area contributed by atoms with Gasteiger partial charge in [0.05, 0.1) is 6.54 Å². The monoisotopic (exact) mass is 392 g/mol. The average molecular weight is 393 g/mol. The Bertz CT molecular complexity index is 507. The summed E-state index contributed by atoms with van der Waals surface area (Å²) < 4.78 is 5.95. The van der Waals surface area contributed by atoms with Gasteiger partial charge in [0.1, 0.15) is 5.60 Å². The zero-order chi connectivity index (χ0) is 19.4. The van der Waals surface area contributed by atoms with Crippen molar-refractivity contribution in [1.29, 1.82) is 0 Å². The van der Waals surface area contributed by atoms with Crippen LogP contribution in [0.2, 0.25) is 0 Å². The molecule has 4 fully saturated rings. The predicted octanol–water partition coefficient (Wildman–Crippen LogP) is 2.63. The van der Waals surface area contributed by atoms with Gasteiger partial charge in [-0.25, -0.2) is 4.79 Å². The zero-order valence-electron chi connectivity index (χ0n) is 17.9. The molecule has 0 radical (unpaired) electrons. The van der Waals surface area contributed by atoms with Crippen molar-refractivity contribution in [3.8, 4) is 0 Å². The van der Waals surface area contributed by atoms with Gasteiger partial charge in [0.2, 0.25) is 0 Å². The van der Waals surface area contributed by atoms with Crippen LogP contribution in [-0.4, -0.2) is 103 Å². The highest BCUT2D eigenvalue weighted by molar-refractivity contribution is 5.70. The van der Waals surface area contributed by atoms with E-state index in [0.717, 1.165) is 64.6 Å². The van der Waals surface area contributed by atoms with Crippen LogP contribution in [0.25, 0.3) is 0 Å². The number of ether oxygens (including phenoxy) is 1. The van der Waals surface area contributed by atoms with Crippen molar-refractivity contribution in [2.45, 2.75) is 69.9 Å². The number of hydrogen-bond donors (Lipinski definition) is 0. The second kappa shape index (κ2) is 9.31. The first-order chi connectivity index (χ1) is 13.7. The van der Waals surface area contributed by atoms with Crippen molar-refractivity contribution in [2.75, 3.05) is 65.4 Å². The average Bonchev–Trinajstić information content (AvgIpc) is 3.04. The number of carbonyl (C=O) groups excluding carboxylic acids is 1. The number of amides is 1. The molecule has 6 nitrogen and oxygen atoms in total. The van der Waals surface area contributed by atoms with Gasteiger partial charge in [-0.3, -0.25) is 0 Å². The molecule has 28 heavy (non-hydrogen) atoms. The quantitative estimate of drug-likeness (QED) is 0.695. The van der Waals surface area contributed by atoms with Gasteiger partial charge < -0.3 is 24.3 Å². The molecule has 0 aromatic rings. The third-order valence-electron chi connectivity index (χ3n) is 7.66. The molecule has 0 aromatic carbocycles. The van der Waals surface area contributed by atoms with E-state index in [0.29, 0.717) is 0 Å². The van der Waals surface area contributed by atoms with E-state index in [9.17, 15) is 4.79 Å². The molecular formula is C22H40N4O2. The predicted molar refractivity (Wildman–Crippen MR) is 112 cm³/mol. The van der Waals surface area contributed by atoms with Gasteiger partial charge in [0.25, 0.3) is 0 Å². The fourth-order valence-corrected chi connectivity index (χ4v) is 5.68. The maximum absolute atomic E-state index is 12.5. The van der Waals surface area contributed by atoms with E-state index in [1.54, 1.807) is 0 Å². The lowest BCUT2D eigenvalue weighted by Crippen LogP contribution is -2.50. The van der Waals surface area contributed by atoms with Crippen molar-refractivity contribution >= 4 is 6.09 Å². The van der Waals surface area contributed by atoms with Crippen molar-refractivity contribution in [1.82, 2.24) is 19.6 Å². The first-order valence-corrected chi connectivity index (χ1v) is 11.8. The molecule has 3 aliphatic heterocycles. The standard InChI is InChI=1S/C22H40N4O2/c1-2-23-15-17-24(18-16-23)11-6-12-26-19-22(28-21(26)27)9-13-25(14-10-22)20-7-4-3-5-8-20/h20H,2-19H2,1H3. The number of piperazine rings is 1. The minimum Gasteiger partial charge on any atom is -0.441 e. The van der Waals surface area contributed by atoms with Gasteiger partial charge in [0, 0.05) is 64.7 Å². The van der Waals surface area contributed by atoms with Crippen LogP contribution < -0.4 is 0 Å². The summed E-state index contributed by atoms with van der Waals surface area (Å²) in [4.78, 5) is 22.2. The van der Waals surface area contributed by atoms with Crippen LogP contribution >= 0.6 is 0 Å². The highest BCUT2D eigenvalue weighted by Crippen LogP contribution is 2.35. The topological polar surface area (TPSA) is 39.3 Å². The van der Waals surface area contributed by atoms with Crippen LogP contribution in [0.4, 0.5) is 4.79 Å². The zero-order valence-corrected chi connectivity index (χ0v) is 17.9. The Balaban J connectivity index is 1.18. The number of piperidine rings is 1. The lowest BCUT2D eigenvalue weighted by Gasteiger charge is -2.42. The summed E-state index contributed by atoms with van der Waals surface area (Å²) in [5.41, 5.74) is -0.199.